The van der Waals surface area contributed by atoms with Crippen LogP contribution in [0.2, 0.25) is 0 Å². The van der Waals surface area contributed by atoms with Gasteiger partial charge >= 0.3 is 0 Å². The second kappa shape index (κ2) is 8.48. The molecule has 0 aliphatic carbocycles. The number of nitrogens with zero attached hydrogens (tertiary/aromatic N) is 1. The van der Waals surface area contributed by atoms with E-state index < -0.39 is 10.2 Å². The number of aryl methyl sites for hydroxylation is 1. The smallest absolute Gasteiger partial charge is 0.279 e. The minimum absolute atomic E-state index is 0.244. The van der Waals surface area contributed by atoms with Gasteiger partial charge in [-0.3, -0.25) is 0 Å². The molecular formula is C15H27N3O2S. The van der Waals surface area contributed by atoms with Gasteiger partial charge in [0.1, 0.15) is 0 Å². The van der Waals surface area contributed by atoms with Crippen LogP contribution in [0.15, 0.2) is 24.3 Å². The minimum Gasteiger partial charge on any atom is -0.317 e. The molecule has 1 aromatic carbocycles. The third-order valence-corrected chi connectivity index (χ3v) is 5.04. The van der Waals surface area contributed by atoms with Gasteiger partial charge in [-0.25, -0.2) is 0 Å². The van der Waals surface area contributed by atoms with Crippen LogP contribution in [0.4, 0.5) is 0 Å². The maximum Gasteiger partial charge on any atom is 0.279 e. The lowest BCUT2D eigenvalue weighted by Crippen LogP contribution is -2.40. The third-order valence-electron chi connectivity index (χ3n) is 3.39. The van der Waals surface area contributed by atoms with Crippen molar-refractivity contribution in [3.8, 4) is 0 Å². The van der Waals surface area contributed by atoms with E-state index in [1.165, 1.54) is 4.31 Å². The Bertz CT molecular complexity index is 514. The lowest BCUT2D eigenvalue weighted by atomic mass is 10.1. The van der Waals surface area contributed by atoms with Gasteiger partial charge in [-0.2, -0.15) is 17.4 Å². The topological polar surface area (TPSA) is 61.4 Å². The fourth-order valence-electron chi connectivity index (χ4n) is 1.96. The van der Waals surface area contributed by atoms with Crippen molar-refractivity contribution >= 4 is 10.2 Å². The molecule has 0 fully saturated rings. The van der Waals surface area contributed by atoms with Crippen molar-refractivity contribution in [2.45, 2.75) is 33.2 Å². The van der Waals surface area contributed by atoms with E-state index in [0.29, 0.717) is 6.54 Å². The van der Waals surface area contributed by atoms with Crippen LogP contribution in [0, 0.1) is 6.92 Å². The van der Waals surface area contributed by atoms with Crippen molar-refractivity contribution in [2.24, 2.45) is 0 Å². The first kappa shape index (κ1) is 18.1. The van der Waals surface area contributed by atoms with Crippen LogP contribution >= 0.6 is 0 Å². The maximum absolute atomic E-state index is 12.2. The molecule has 1 rings (SSSR count). The van der Waals surface area contributed by atoms with E-state index in [9.17, 15) is 8.42 Å². The molecule has 0 radical (unpaired) electrons. The summed E-state index contributed by atoms with van der Waals surface area (Å²) in [7, 11) is -1.84. The van der Waals surface area contributed by atoms with Crippen molar-refractivity contribution in [2.75, 3.05) is 26.7 Å². The fourth-order valence-corrected chi connectivity index (χ4v) is 3.09. The summed E-state index contributed by atoms with van der Waals surface area (Å²) >= 11 is 0. The Morgan fingerprint density at radius 2 is 1.86 bits per heavy atom. The van der Waals surface area contributed by atoms with E-state index in [-0.39, 0.29) is 6.04 Å². The summed E-state index contributed by atoms with van der Waals surface area (Å²) in [6, 6.07) is 7.63. The summed E-state index contributed by atoms with van der Waals surface area (Å²) in [6.07, 6.45) is 0.796. The summed E-state index contributed by atoms with van der Waals surface area (Å²) in [4.78, 5) is 0. The molecule has 0 spiro atoms. The molecule has 0 aromatic heterocycles. The average Bonchev–Trinajstić information content (AvgIpc) is 2.43. The summed E-state index contributed by atoms with van der Waals surface area (Å²) < 4.78 is 28.6. The number of hydrogen-bond donors (Lipinski definition) is 2. The molecule has 1 atom stereocenters. The molecule has 6 heteroatoms. The van der Waals surface area contributed by atoms with Crippen molar-refractivity contribution in [1.82, 2.24) is 14.3 Å². The zero-order valence-electron chi connectivity index (χ0n) is 13.4. The quantitative estimate of drug-likeness (QED) is 0.684. The van der Waals surface area contributed by atoms with Crippen LogP contribution in [-0.2, 0) is 10.2 Å². The molecule has 21 heavy (non-hydrogen) atoms. The molecule has 5 nitrogen and oxygen atoms in total. The highest BCUT2D eigenvalue weighted by Crippen LogP contribution is 2.14. The monoisotopic (exact) mass is 313 g/mol. The first-order chi connectivity index (χ1) is 9.86. The molecule has 0 amide bonds. The Labute approximate surface area is 128 Å². The minimum atomic E-state index is -3.45. The molecule has 0 bridgehead atoms. The maximum atomic E-state index is 12.2. The predicted molar refractivity (Wildman–Crippen MR) is 87.4 cm³/mol. The van der Waals surface area contributed by atoms with E-state index in [0.717, 1.165) is 30.6 Å². The first-order valence-corrected chi connectivity index (χ1v) is 8.81. The molecule has 0 aliphatic heterocycles. The molecule has 1 aromatic rings. The predicted octanol–water partition coefficient (Wildman–Crippen LogP) is 1.82. The van der Waals surface area contributed by atoms with Gasteiger partial charge in [-0.05, 0) is 38.9 Å². The number of hydrogen-bond acceptors (Lipinski definition) is 3. The van der Waals surface area contributed by atoms with E-state index in [4.69, 9.17) is 0 Å². The lowest BCUT2D eigenvalue weighted by Gasteiger charge is -2.21. The normalized spacial score (nSPS) is 13.6. The lowest BCUT2D eigenvalue weighted by molar-refractivity contribution is 0.439. The summed E-state index contributed by atoms with van der Waals surface area (Å²) in [5.74, 6) is 0. The molecule has 0 aliphatic rings. The Morgan fingerprint density at radius 3 is 2.43 bits per heavy atom. The molecule has 2 N–H and O–H groups in total. The van der Waals surface area contributed by atoms with E-state index in [2.05, 4.69) is 10.0 Å². The highest BCUT2D eigenvalue weighted by molar-refractivity contribution is 7.87. The Balaban J connectivity index is 2.56. The van der Waals surface area contributed by atoms with Crippen LogP contribution < -0.4 is 10.0 Å². The van der Waals surface area contributed by atoms with Gasteiger partial charge in [0.2, 0.25) is 0 Å². The van der Waals surface area contributed by atoms with E-state index in [1.807, 2.05) is 45.0 Å². The van der Waals surface area contributed by atoms with Gasteiger partial charge in [0, 0.05) is 19.6 Å². The first-order valence-electron chi connectivity index (χ1n) is 7.37. The largest absolute Gasteiger partial charge is 0.317 e. The molecule has 1 unspecified atom stereocenters. The van der Waals surface area contributed by atoms with Crippen LogP contribution in [-0.4, -0.2) is 39.4 Å². The van der Waals surface area contributed by atoms with Crippen LogP contribution in [0.1, 0.15) is 37.4 Å². The van der Waals surface area contributed by atoms with Crippen LogP contribution in [0.3, 0.4) is 0 Å². The molecular weight excluding hydrogens is 286 g/mol. The van der Waals surface area contributed by atoms with E-state index in [1.54, 1.807) is 7.05 Å². The second-order valence-electron chi connectivity index (χ2n) is 5.28. The third kappa shape index (κ3) is 6.13. The van der Waals surface area contributed by atoms with Crippen molar-refractivity contribution in [3.05, 3.63) is 35.4 Å². The highest BCUT2D eigenvalue weighted by atomic mass is 32.2. The average molecular weight is 313 g/mol. The summed E-state index contributed by atoms with van der Waals surface area (Å²) in [5.41, 5.74) is 2.12. The SMILES string of the molecule is CCNCCCN(C)S(=O)(=O)NC(C)c1ccc(C)cc1. The van der Waals surface area contributed by atoms with Gasteiger partial charge in [0.15, 0.2) is 0 Å². The Morgan fingerprint density at radius 1 is 1.24 bits per heavy atom. The standard InChI is InChI=1S/C15H27N3O2S/c1-5-16-11-6-12-18(4)21(19,20)17-14(3)15-9-7-13(2)8-10-15/h7-10,14,16-17H,5-6,11-12H2,1-4H3. The van der Waals surface area contributed by atoms with Gasteiger partial charge in [0.25, 0.3) is 10.2 Å². The van der Waals surface area contributed by atoms with Crippen molar-refractivity contribution < 1.29 is 8.42 Å². The Hall–Kier alpha value is -0.950. The van der Waals surface area contributed by atoms with Gasteiger partial charge < -0.3 is 5.32 Å². The summed E-state index contributed by atoms with van der Waals surface area (Å²) in [6.45, 7) is 8.13. The molecule has 0 saturated heterocycles. The second-order valence-corrected chi connectivity index (χ2v) is 7.09. The van der Waals surface area contributed by atoms with Gasteiger partial charge in [-0.15, -0.1) is 0 Å². The van der Waals surface area contributed by atoms with Gasteiger partial charge in [-0.1, -0.05) is 36.8 Å². The van der Waals surface area contributed by atoms with Crippen LogP contribution in [0.25, 0.3) is 0 Å². The summed E-state index contributed by atoms with van der Waals surface area (Å²) in [5, 5.41) is 3.19. The molecule has 120 valence electrons. The highest BCUT2D eigenvalue weighted by Gasteiger charge is 2.20. The number of benzene rings is 1. The zero-order valence-corrected chi connectivity index (χ0v) is 14.2. The number of nitrogens with one attached hydrogen (secondary N) is 2. The van der Waals surface area contributed by atoms with Crippen molar-refractivity contribution in [3.63, 3.8) is 0 Å². The fraction of sp³-hybridized carbons (Fsp3) is 0.600. The number of rotatable bonds is 9. The Kier molecular flexibility index (Phi) is 7.31. The van der Waals surface area contributed by atoms with Gasteiger partial charge in [0.05, 0.1) is 0 Å². The zero-order chi connectivity index (χ0) is 15.9. The van der Waals surface area contributed by atoms with Crippen LogP contribution in [0.5, 0.6) is 0 Å². The molecule has 0 saturated carbocycles. The van der Waals surface area contributed by atoms with E-state index >= 15 is 0 Å². The van der Waals surface area contributed by atoms with Crippen molar-refractivity contribution in [1.29, 1.82) is 0 Å². The molecule has 0 heterocycles.